The molecule has 1 fully saturated rings. The van der Waals surface area contributed by atoms with Crippen LogP contribution in [0.25, 0.3) is 11.4 Å². The summed E-state index contributed by atoms with van der Waals surface area (Å²) in [5.41, 5.74) is 8.10. The minimum atomic E-state index is 0.559. The Labute approximate surface area is 119 Å². The SMILES string of the molecule is Cc1ccccc1-c1nc(N2CCCC(CN)C2)n[nH]1. The van der Waals surface area contributed by atoms with Gasteiger partial charge in [0, 0.05) is 18.7 Å². The van der Waals surface area contributed by atoms with Gasteiger partial charge in [0.15, 0.2) is 5.82 Å². The van der Waals surface area contributed by atoms with Crippen molar-refractivity contribution in [3.63, 3.8) is 0 Å². The molecule has 5 heteroatoms. The summed E-state index contributed by atoms with van der Waals surface area (Å²) in [5.74, 6) is 2.19. The van der Waals surface area contributed by atoms with Crippen molar-refractivity contribution < 1.29 is 0 Å². The Hall–Kier alpha value is -1.88. The standard InChI is InChI=1S/C15H21N5/c1-11-5-2-3-7-13(11)14-17-15(19-18-14)20-8-4-6-12(9-16)10-20/h2-3,5,7,12H,4,6,8-10,16H2,1H3,(H,17,18,19). The van der Waals surface area contributed by atoms with Crippen molar-refractivity contribution in [2.75, 3.05) is 24.5 Å². The van der Waals surface area contributed by atoms with Crippen LogP contribution in [0, 0.1) is 12.8 Å². The van der Waals surface area contributed by atoms with Crippen LogP contribution in [-0.2, 0) is 0 Å². The predicted molar refractivity (Wildman–Crippen MR) is 80.5 cm³/mol. The first kappa shape index (κ1) is 13.1. The molecular formula is C15H21N5. The highest BCUT2D eigenvalue weighted by atomic mass is 15.4. The van der Waals surface area contributed by atoms with Gasteiger partial charge in [-0.05, 0) is 37.8 Å². The first-order chi connectivity index (χ1) is 9.78. The van der Waals surface area contributed by atoms with Gasteiger partial charge in [-0.15, -0.1) is 5.10 Å². The quantitative estimate of drug-likeness (QED) is 0.895. The lowest BCUT2D eigenvalue weighted by molar-refractivity contribution is 0.420. The first-order valence-corrected chi connectivity index (χ1v) is 7.21. The van der Waals surface area contributed by atoms with E-state index in [9.17, 15) is 0 Å². The molecule has 1 aromatic carbocycles. The van der Waals surface area contributed by atoms with Gasteiger partial charge >= 0.3 is 0 Å². The molecule has 1 atom stereocenters. The number of hydrogen-bond donors (Lipinski definition) is 2. The van der Waals surface area contributed by atoms with E-state index in [4.69, 9.17) is 5.73 Å². The molecule has 3 N–H and O–H groups in total. The molecule has 106 valence electrons. The number of hydrogen-bond acceptors (Lipinski definition) is 4. The number of aryl methyl sites for hydroxylation is 1. The monoisotopic (exact) mass is 271 g/mol. The molecule has 1 aliphatic rings. The van der Waals surface area contributed by atoms with Gasteiger partial charge in [0.2, 0.25) is 5.95 Å². The molecule has 0 aliphatic carbocycles. The maximum absolute atomic E-state index is 5.78. The van der Waals surface area contributed by atoms with Crippen molar-refractivity contribution >= 4 is 5.95 Å². The van der Waals surface area contributed by atoms with Crippen molar-refractivity contribution in [2.45, 2.75) is 19.8 Å². The van der Waals surface area contributed by atoms with Gasteiger partial charge in [0.05, 0.1) is 0 Å². The average Bonchev–Trinajstić information content (AvgIpc) is 2.97. The molecule has 1 aromatic heterocycles. The van der Waals surface area contributed by atoms with Crippen LogP contribution in [0.3, 0.4) is 0 Å². The van der Waals surface area contributed by atoms with Gasteiger partial charge in [0.25, 0.3) is 0 Å². The largest absolute Gasteiger partial charge is 0.339 e. The van der Waals surface area contributed by atoms with Gasteiger partial charge < -0.3 is 10.6 Å². The Balaban J connectivity index is 1.82. The highest BCUT2D eigenvalue weighted by Gasteiger charge is 2.22. The van der Waals surface area contributed by atoms with Gasteiger partial charge in [-0.3, -0.25) is 5.10 Å². The maximum Gasteiger partial charge on any atom is 0.245 e. The predicted octanol–water partition coefficient (Wildman–Crippen LogP) is 1.96. The summed E-state index contributed by atoms with van der Waals surface area (Å²) in [4.78, 5) is 6.89. The summed E-state index contributed by atoms with van der Waals surface area (Å²) in [6, 6.07) is 8.21. The Morgan fingerprint density at radius 3 is 3.05 bits per heavy atom. The van der Waals surface area contributed by atoms with Crippen LogP contribution in [0.15, 0.2) is 24.3 Å². The third-order valence-electron chi connectivity index (χ3n) is 4.01. The molecular weight excluding hydrogens is 250 g/mol. The lowest BCUT2D eigenvalue weighted by Gasteiger charge is -2.31. The number of nitrogens with two attached hydrogens (primary N) is 1. The topological polar surface area (TPSA) is 70.8 Å². The minimum Gasteiger partial charge on any atom is -0.339 e. The van der Waals surface area contributed by atoms with Crippen LogP contribution in [-0.4, -0.2) is 34.8 Å². The van der Waals surface area contributed by atoms with Gasteiger partial charge in [-0.25, -0.2) is 0 Å². The number of aromatic nitrogens is 3. The Kier molecular flexibility index (Phi) is 3.69. The normalized spacial score (nSPS) is 19.3. The fraction of sp³-hybridized carbons (Fsp3) is 0.467. The number of piperidine rings is 1. The molecule has 1 saturated heterocycles. The summed E-state index contributed by atoms with van der Waals surface area (Å²) in [6.07, 6.45) is 2.37. The molecule has 20 heavy (non-hydrogen) atoms. The zero-order chi connectivity index (χ0) is 13.9. The number of rotatable bonds is 3. The molecule has 3 rings (SSSR count). The van der Waals surface area contributed by atoms with Crippen molar-refractivity contribution in [1.82, 2.24) is 15.2 Å². The second kappa shape index (κ2) is 5.63. The Morgan fingerprint density at radius 1 is 1.40 bits per heavy atom. The van der Waals surface area contributed by atoms with Crippen molar-refractivity contribution in [3.05, 3.63) is 29.8 Å². The Morgan fingerprint density at radius 2 is 2.25 bits per heavy atom. The lowest BCUT2D eigenvalue weighted by atomic mass is 9.99. The van der Waals surface area contributed by atoms with Gasteiger partial charge in [-0.1, -0.05) is 24.3 Å². The lowest BCUT2D eigenvalue weighted by Crippen LogP contribution is -2.38. The van der Waals surface area contributed by atoms with Gasteiger partial charge in [-0.2, -0.15) is 4.98 Å². The van der Waals surface area contributed by atoms with Crippen LogP contribution in [0.1, 0.15) is 18.4 Å². The fourth-order valence-electron chi connectivity index (χ4n) is 2.79. The third-order valence-corrected chi connectivity index (χ3v) is 4.01. The van der Waals surface area contributed by atoms with Crippen LogP contribution < -0.4 is 10.6 Å². The van der Waals surface area contributed by atoms with Crippen LogP contribution in [0.4, 0.5) is 5.95 Å². The van der Waals surface area contributed by atoms with Crippen LogP contribution in [0.2, 0.25) is 0 Å². The molecule has 2 heterocycles. The molecule has 0 spiro atoms. The van der Waals surface area contributed by atoms with Crippen LogP contribution in [0.5, 0.6) is 0 Å². The van der Waals surface area contributed by atoms with Crippen molar-refractivity contribution in [1.29, 1.82) is 0 Å². The molecule has 0 bridgehead atoms. The zero-order valence-electron chi connectivity index (χ0n) is 11.8. The highest BCUT2D eigenvalue weighted by Crippen LogP contribution is 2.24. The van der Waals surface area contributed by atoms with E-state index in [1.54, 1.807) is 0 Å². The highest BCUT2D eigenvalue weighted by molar-refractivity contribution is 5.60. The van der Waals surface area contributed by atoms with E-state index >= 15 is 0 Å². The van der Waals surface area contributed by atoms with Crippen LogP contribution >= 0.6 is 0 Å². The number of nitrogens with zero attached hydrogens (tertiary/aromatic N) is 3. The Bertz CT molecular complexity index is 577. The van der Waals surface area contributed by atoms with Crippen molar-refractivity contribution in [2.24, 2.45) is 11.7 Å². The molecule has 0 amide bonds. The summed E-state index contributed by atoms with van der Waals surface area (Å²) < 4.78 is 0. The smallest absolute Gasteiger partial charge is 0.245 e. The maximum atomic E-state index is 5.78. The number of nitrogens with one attached hydrogen (secondary N) is 1. The molecule has 0 radical (unpaired) electrons. The summed E-state index contributed by atoms with van der Waals surface area (Å²) in [7, 11) is 0. The summed E-state index contributed by atoms with van der Waals surface area (Å²) >= 11 is 0. The number of anilines is 1. The molecule has 0 saturated carbocycles. The van der Waals surface area contributed by atoms with Gasteiger partial charge in [0.1, 0.15) is 0 Å². The van der Waals surface area contributed by atoms with E-state index < -0.39 is 0 Å². The number of H-pyrrole nitrogens is 1. The number of benzene rings is 1. The third kappa shape index (κ3) is 2.54. The van der Waals surface area contributed by atoms with E-state index in [1.807, 2.05) is 12.1 Å². The van der Waals surface area contributed by atoms with E-state index in [1.165, 1.54) is 12.0 Å². The van der Waals surface area contributed by atoms with E-state index in [2.05, 4.69) is 39.1 Å². The zero-order valence-corrected chi connectivity index (χ0v) is 11.8. The van der Waals surface area contributed by atoms with Crippen molar-refractivity contribution in [3.8, 4) is 11.4 Å². The molecule has 5 nitrogen and oxygen atoms in total. The van der Waals surface area contributed by atoms with E-state index in [0.717, 1.165) is 43.4 Å². The second-order valence-electron chi connectivity index (χ2n) is 5.49. The fourth-order valence-corrected chi connectivity index (χ4v) is 2.79. The minimum absolute atomic E-state index is 0.559. The molecule has 2 aromatic rings. The first-order valence-electron chi connectivity index (χ1n) is 7.21. The van der Waals surface area contributed by atoms with E-state index in [-0.39, 0.29) is 0 Å². The number of aromatic amines is 1. The molecule has 1 unspecified atom stereocenters. The summed E-state index contributed by atoms with van der Waals surface area (Å²) in [6.45, 7) is 4.80. The van der Waals surface area contributed by atoms with E-state index in [0.29, 0.717) is 5.92 Å². The summed E-state index contributed by atoms with van der Waals surface area (Å²) in [5, 5.41) is 7.43. The average molecular weight is 271 g/mol. The second-order valence-corrected chi connectivity index (χ2v) is 5.49. The molecule has 1 aliphatic heterocycles.